The molecule has 2 atom stereocenters. The second kappa shape index (κ2) is 6.58. The summed E-state index contributed by atoms with van der Waals surface area (Å²) in [6.45, 7) is 9.35. The molecule has 1 saturated carbocycles. The molecular weight excluding hydrogens is 202 g/mol. The number of hydrogen-bond donors (Lipinski definition) is 1. The van der Waals surface area contributed by atoms with Crippen molar-refractivity contribution in [2.24, 2.45) is 5.41 Å². The van der Waals surface area contributed by atoms with Gasteiger partial charge in [0.25, 0.3) is 0 Å². The van der Waals surface area contributed by atoms with Gasteiger partial charge >= 0.3 is 0 Å². The molecule has 0 bridgehead atoms. The minimum atomic E-state index is 0.354. The summed E-state index contributed by atoms with van der Waals surface area (Å²) >= 11 is 0. The van der Waals surface area contributed by atoms with E-state index in [9.17, 15) is 0 Å². The van der Waals surface area contributed by atoms with E-state index in [1.807, 2.05) is 0 Å². The molecule has 0 amide bonds. The molecule has 1 fully saturated rings. The molecule has 0 aromatic rings. The molecule has 2 unspecified atom stereocenters. The topological polar surface area (TPSA) is 30.5 Å². The van der Waals surface area contributed by atoms with Crippen molar-refractivity contribution in [2.45, 2.75) is 52.2 Å². The zero-order valence-electron chi connectivity index (χ0n) is 11.2. The van der Waals surface area contributed by atoms with E-state index in [4.69, 9.17) is 9.47 Å². The fourth-order valence-corrected chi connectivity index (χ4v) is 2.51. The fraction of sp³-hybridized carbons (Fsp3) is 1.00. The Balaban J connectivity index is 2.42. The van der Waals surface area contributed by atoms with Crippen LogP contribution in [0.25, 0.3) is 0 Å². The van der Waals surface area contributed by atoms with Crippen LogP contribution in [0.4, 0.5) is 0 Å². The smallest absolute Gasteiger partial charge is 0.0734 e. The molecule has 0 spiro atoms. The molecule has 1 aliphatic rings. The van der Waals surface area contributed by atoms with Gasteiger partial charge in [-0.1, -0.05) is 20.8 Å². The van der Waals surface area contributed by atoms with Crippen molar-refractivity contribution in [1.82, 2.24) is 5.32 Å². The van der Waals surface area contributed by atoms with Crippen molar-refractivity contribution in [1.29, 1.82) is 0 Å². The fourth-order valence-electron chi connectivity index (χ4n) is 2.51. The Morgan fingerprint density at radius 1 is 1.31 bits per heavy atom. The molecular formula is C13H27NO2. The van der Waals surface area contributed by atoms with E-state index in [0.717, 1.165) is 13.0 Å². The quantitative estimate of drug-likeness (QED) is 0.679. The van der Waals surface area contributed by atoms with E-state index in [1.165, 1.54) is 12.8 Å². The van der Waals surface area contributed by atoms with Crippen LogP contribution in [0.3, 0.4) is 0 Å². The van der Waals surface area contributed by atoms with E-state index in [-0.39, 0.29) is 0 Å². The number of methoxy groups -OCH3 is 1. The standard InChI is InChI=1S/C13H27NO2/c1-5-8-14-12-11(16-10-9-15-4)6-7-13(12,2)3/h11-12,14H,5-10H2,1-4H3. The van der Waals surface area contributed by atoms with Gasteiger partial charge in [0.05, 0.1) is 19.3 Å². The van der Waals surface area contributed by atoms with Crippen LogP contribution in [0.5, 0.6) is 0 Å². The first-order valence-corrected chi connectivity index (χ1v) is 6.45. The largest absolute Gasteiger partial charge is 0.382 e. The molecule has 16 heavy (non-hydrogen) atoms. The zero-order chi connectivity index (χ0) is 12.0. The van der Waals surface area contributed by atoms with E-state index in [0.29, 0.717) is 30.8 Å². The van der Waals surface area contributed by atoms with Crippen molar-refractivity contribution in [2.75, 3.05) is 26.9 Å². The average Bonchev–Trinajstić information content (AvgIpc) is 2.52. The summed E-state index contributed by atoms with van der Waals surface area (Å²) in [6.07, 6.45) is 3.94. The van der Waals surface area contributed by atoms with Crippen LogP contribution in [-0.2, 0) is 9.47 Å². The Morgan fingerprint density at radius 3 is 2.69 bits per heavy atom. The summed E-state index contributed by atoms with van der Waals surface area (Å²) in [5, 5.41) is 3.63. The van der Waals surface area contributed by atoms with Crippen molar-refractivity contribution in [3.8, 4) is 0 Å². The summed E-state index contributed by atoms with van der Waals surface area (Å²) < 4.78 is 10.9. The average molecular weight is 229 g/mol. The second-order valence-corrected chi connectivity index (χ2v) is 5.36. The summed E-state index contributed by atoms with van der Waals surface area (Å²) in [5.74, 6) is 0. The molecule has 1 N–H and O–H groups in total. The first kappa shape index (κ1) is 13.9. The number of rotatable bonds is 7. The zero-order valence-corrected chi connectivity index (χ0v) is 11.2. The van der Waals surface area contributed by atoms with E-state index in [1.54, 1.807) is 7.11 Å². The van der Waals surface area contributed by atoms with Gasteiger partial charge in [0, 0.05) is 13.2 Å². The predicted octanol–water partition coefficient (Wildman–Crippen LogP) is 2.21. The monoisotopic (exact) mass is 229 g/mol. The van der Waals surface area contributed by atoms with Gasteiger partial charge in [-0.05, 0) is 31.2 Å². The summed E-state index contributed by atoms with van der Waals surface area (Å²) in [5.41, 5.74) is 0.354. The van der Waals surface area contributed by atoms with E-state index >= 15 is 0 Å². The van der Waals surface area contributed by atoms with Crippen molar-refractivity contribution >= 4 is 0 Å². The minimum Gasteiger partial charge on any atom is -0.382 e. The highest BCUT2D eigenvalue weighted by atomic mass is 16.5. The van der Waals surface area contributed by atoms with Crippen molar-refractivity contribution < 1.29 is 9.47 Å². The number of ether oxygens (including phenoxy) is 2. The lowest BCUT2D eigenvalue weighted by Gasteiger charge is -2.31. The number of hydrogen-bond acceptors (Lipinski definition) is 3. The van der Waals surface area contributed by atoms with Gasteiger partial charge in [0.15, 0.2) is 0 Å². The second-order valence-electron chi connectivity index (χ2n) is 5.36. The van der Waals surface area contributed by atoms with E-state index in [2.05, 4.69) is 26.1 Å². The Kier molecular flexibility index (Phi) is 5.73. The summed E-state index contributed by atoms with van der Waals surface area (Å²) in [7, 11) is 1.72. The molecule has 1 aliphatic carbocycles. The molecule has 96 valence electrons. The van der Waals surface area contributed by atoms with E-state index < -0.39 is 0 Å². The van der Waals surface area contributed by atoms with Crippen LogP contribution in [0, 0.1) is 5.41 Å². The normalized spacial score (nSPS) is 28.5. The molecule has 0 radical (unpaired) electrons. The molecule has 0 saturated heterocycles. The van der Waals surface area contributed by atoms with Gasteiger partial charge < -0.3 is 14.8 Å². The third kappa shape index (κ3) is 3.72. The maximum Gasteiger partial charge on any atom is 0.0734 e. The molecule has 3 heteroatoms. The Labute approximate surface area is 99.9 Å². The van der Waals surface area contributed by atoms with Gasteiger partial charge in [-0.15, -0.1) is 0 Å². The highest BCUT2D eigenvalue weighted by Gasteiger charge is 2.41. The lowest BCUT2D eigenvalue weighted by molar-refractivity contribution is -0.000716. The van der Waals surface area contributed by atoms with Gasteiger partial charge in [-0.3, -0.25) is 0 Å². The van der Waals surface area contributed by atoms with Gasteiger partial charge in [0.1, 0.15) is 0 Å². The number of nitrogens with one attached hydrogen (secondary N) is 1. The molecule has 1 rings (SSSR count). The molecule has 0 aliphatic heterocycles. The first-order valence-electron chi connectivity index (χ1n) is 6.45. The Hall–Kier alpha value is -0.120. The molecule has 3 nitrogen and oxygen atoms in total. The summed E-state index contributed by atoms with van der Waals surface area (Å²) in [6, 6.07) is 0.490. The third-order valence-electron chi connectivity index (χ3n) is 3.52. The molecule has 0 aromatic carbocycles. The lowest BCUT2D eigenvalue weighted by atomic mass is 9.87. The van der Waals surface area contributed by atoms with Gasteiger partial charge in [0.2, 0.25) is 0 Å². The summed E-state index contributed by atoms with van der Waals surface area (Å²) in [4.78, 5) is 0. The maximum absolute atomic E-state index is 5.90. The van der Waals surface area contributed by atoms with Crippen LogP contribution < -0.4 is 5.32 Å². The Bertz CT molecular complexity index is 194. The maximum atomic E-state index is 5.90. The highest BCUT2D eigenvalue weighted by Crippen LogP contribution is 2.38. The molecule has 0 aromatic heterocycles. The van der Waals surface area contributed by atoms with Gasteiger partial charge in [-0.2, -0.15) is 0 Å². The van der Waals surface area contributed by atoms with Gasteiger partial charge in [-0.25, -0.2) is 0 Å². The Morgan fingerprint density at radius 2 is 2.06 bits per heavy atom. The van der Waals surface area contributed by atoms with Crippen LogP contribution in [0.1, 0.15) is 40.0 Å². The van der Waals surface area contributed by atoms with Crippen molar-refractivity contribution in [3.63, 3.8) is 0 Å². The van der Waals surface area contributed by atoms with Crippen LogP contribution >= 0.6 is 0 Å². The van der Waals surface area contributed by atoms with Crippen LogP contribution in [0.2, 0.25) is 0 Å². The molecule has 0 heterocycles. The first-order chi connectivity index (χ1) is 7.61. The van der Waals surface area contributed by atoms with Crippen LogP contribution in [0.15, 0.2) is 0 Å². The minimum absolute atomic E-state index is 0.354. The van der Waals surface area contributed by atoms with Crippen molar-refractivity contribution in [3.05, 3.63) is 0 Å². The lowest BCUT2D eigenvalue weighted by Crippen LogP contribution is -2.46. The van der Waals surface area contributed by atoms with Crippen LogP contribution in [-0.4, -0.2) is 39.0 Å². The SMILES string of the molecule is CCCNC1C(OCCOC)CCC1(C)C. The third-order valence-corrected chi connectivity index (χ3v) is 3.52. The predicted molar refractivity (Wildman–Crippen MR) is 66.7 cm³/mol. The highest BCUT2D eigenvalue weighted by molar-refractivity contribution is 4.97.